The molecule has 0 N–H and O–H groups in total. The number of carbonyl (C=O) groups is 2. The maximum absolute atomic E-state index is 13.5. The third kappa shape index (κ3) is 5.77. The standard InChI is InChI=1S/C27H24F3NO2/c1-26(2,3)31(25(33)21-12-8-5-9-13-21)23(18-24(32)20-10-6-4-7-11-20)19-14-16-22(17-15-19)27(28,29)30/h4-18H,1-3H3/b23-18+. The van der Waals surface area contributed by atoms with Crippen LogP contribution in [0.4, 0.5) is 13.2 Å². The minimum absolute atomic E-state index is 0.221. The second-order valence-corrected chi connectivity index (χ2v) is 8.51. The Morgan fingerprint density at radius 1 is 0.697 bits per heavy atom. The summed E-state index contributed by atoms with van der Waals surface area (Å²) in [6.45, 7) is 5.41. The van der Waals surface area contributed by atoms with E-state index in [-0.39, 0.29) is 17.4 Å². The van der Waals surface area contributed by atoms with Gasteiger partial charge in [0.15, 0.2) is 5.78 Å². The summed E-state index contributed by atoms with van der Waals surface area (Å²) >= 11 is 0. The van der Waals surface area contributed by atoms with Gasteiger partial charge in [0.2, 0.25) is 0 Å². The number of benzene rings is 3. The van der Waals surface area contributed by atoms with E-state index >= 15 is 0 Å². The molecule has 3 rings (SSSR count). The highest BCUT2D eigenvalue weighted by molar-refractivity contribution is 6.10. The van der Waals surface area contributed by atoms with Crippen LogP contribution in [-0.4, -0.2) is 22.1 Å². The van der Waals surface area contributed by atoms with E-state index in [0.29, 0.717) is 16.7 Å². The molecule has 3 aromatic rings. The first-order valence-electron chi connectivity index (χ1n) is 10.4. The van der Waals surface area contributed by atoms with Crippen molar-refractivity contribution in [3.63, 3.8) is 0 Å². The van der Waals surface area contributed by atoms with Crippen molar-refractivity contribution < 1.29 is 22.8 Å². The zero-order valence-electron chi connectivity index (χ0n) is 18.6. The number of amides is 1. The van der Waals surface area contributed by atoms with Gasteiger partial charge in [-0.3, -0.25) is 9.59 Å². The van der Waals surface area contributed by atoms with Crippen LogP contribution >= 0.6 is 0 Å². The summed E-state index contributed by atoms with van der Waals surface area (Å²) in [5.41, 5.74) is -0.235. The number of allylic oxidation sites excluding steroid dienone is 1. The van der Waals surface area contributed by atoms with E-state index in [1.165, 1.54) is 23.1 Å². The number of nitrogens with zero attached hydrogens (tertiary/aromatic N) is 1. The largest absolute Gasteiger partial charge is 0.416 e. The molecule has 0 aliphatic heterocycles. The summed E-state index contributed by atoms with van der Waals surface area (Å²) in [7, 11) is 0. The van der Waals surface area contributed by atoms with Gasteiger partial charge in [0.25, 0.3) is 5.91 Å². The molecule has 0 aromatic heterocycles. The van der Waals surface area contributed by atoms with Crippen molar-refractivity contribution in [3.05, 3.63) is 113 Å². The van der Waals surface area contributed by atoms with Crippen LogP contribution < -0.4 is 0 Å². The molecule has 0 spiro atoms. The molecular weight excluding hydrogens is 427 g/mol. The van der Waals surface area contributed by atoms with Crippen LogP contribution in [0.25, 0.3) is 5.70 Å². The van der Waals surface area contributed by atoms with Crippen molar-refractivity contribution >= 4 is 17.4 Å². The smallest absolute Gasteiger partial charge is 0.302 e. The second kappa shape index (κ2) is 9.45. The Morgan fingerprint density at radius 2 is 1.18 bits per heavy atom. The van der Waals surface area contributed by atoms with Gasteiger partial charge in [0, 0.05) is 22.7 Å². The predicted molar refractivity (Wildman–Crippen MR) is 123 cm³/mol. The van der Waals surface area contributed by atoms with E-state index in [9.17, 15) is 22.8 Å². The summed E-state index contributed by atoms with van der Waals surface area (Å²) in [5, 5.41) is 0. The SMILES string of the molecule is CC(C)(C)N(C(=O)c1ccccc1)/C(=C/C(=O)c1ccccc1)c1ccc(C(F)(F)F)cc1. The van der Waals surface area contributed by atoms with Crippen LogP contribution in [-0.2, 0) is 6.18 Å². The van der Waals surface area contributed by atoms with Gasteiger partial charge in [-0.2, -0.15) is 13.2 Å². The zero-order valence-corrected chi connectivity index (χ0v) is 18.6. The maximum Gasteiger partial charge on any atom is 0.416 e. The van der Waals surface area contributed by atoms with Gasteiger partial charge < -0.3 is 4.90 Å². The number of halogens is 3. The van der Waals surface area contributed by atoms with Crippen LogP contribution in [0.2, 0.25) is 0 Å². The minimum Gasteiger partial charge on any atom is -0.302 e. The van der Waals surface area contributed by atoms with Crippen molar-refractivity contribution in [1.29, 1.82) is 0 Å². The topological polar surface area (TPSA) is 37.4 Å². The fraction of sp³-hybridized carbons (Fsp3) is 0.185. The van der Waals surface area contributed by atoms with Gasteiger partial charge in [-0.25, -0.2) is 0 Å². The molecule has 0 saturated carbocycles. The predicted octanol–water partition coefficient (Wildman–Crippen LogP) is 6.87. The lowest BCUT2D eigenvalue weighted by Gasteiger charge is -2.38. The van der Waals surface area contributed by atoms with Gasteiger partial charge in [-0.15, -0.1) is 0 Å². The van der Waals surface area contributed by atoms with Crippen LogP contribution in [0.15, 0.2) is 91.0 Å². The van der Waals surface area contributed by atoms with E-state index in [0.717, 1.165) is 12.1 Å². The number of carbonyl (C=O) groups excluding carboxylic acids is 2. The van der Waals surface area contributed by atoms with Crippen molar-refractivity contribution in [1.82, 2.24) is 4.90 Å². The van der Waals surface area contributed by atoms with Crippen molar-refractivity contribution in [2.24, 2.45) is 0 Å². The molecule has 3 aromatic carbocycles. The molecule has 170 valence electrons. The second-order valence-electron chi connectivity index (χ2n) is 8.51. The highest BCUT2D eigenvalue weighted by Crippen LogP contribution is 2.33. The first-order valence-corrected chi connectivity index (χ1v) is 10.4. The van der Waals surface area contributed by atoms with Crippen LogP contribution in [0.3, 0.4) is 0 Å². The van der Waals surface area contributed by atoms with E-state index < -0.39 is 17.3 Å². The Labute approximate surface area is 191 Å². The molecule has 0 heterocycles. The molecule has 0 radical (unpaired) electrons. The lowest BCUT2D eigenvalue weighted by atomic mass is 9.97. The van der Waals surface area contributed by atoms with E-state index in [1.54, 1.807) is 81.4 Å². The van der Waals surface area contributed by atoms with Gasteiger partial charge in [-0.1, -0.05) is 60.7 Å². The monoisotopic (exact) mass is 451 g/mol. The van der Waals surface area contributed by atoms with Crippen molar-refractivity contribution in [3.8, 4) is 0 Å². The molecule has 0 aliphatic carbocycles. The number of hydrogen-bond donors (Lipinski definition) is 0. The summed E-state index contributed by atoms with van der Waals surface area (Å²) in [6.07, 6.45) is -3.18. The van der Waals surface area contributed by atoms with E-state index in [2.05, 4.69) is 0 Å². The molecule has 6 heteroatoms. The first kappa shape index (κ1) is 24.0. The van der Waals surface area contributed by atoms with Crippen LogP contribution in [0.5, 0.6) is 0 Å². The molecule has 33 heavy (non-hydrogen) atoms. The molecule has 0 atom stereocenters. The third-order valence-corrected chi connectivity index (χ3v) is 4.97. The summed E-state index contributed by atoms with van der Waals surface area (Å²) in [4.78, 5) is 28.0. The summed E-state index contributed by atoms with van der Waals surface area (Å²) in [6, 6.07) is 21.5. The molecule has 0 unspecified atom stereocenters. The normalized spacial score (nSPS) is 12.4. The molecule has 0 saturated heterocycles. The highest BCUT2D eigenvalue weighted by atomic mass is 19.4. The lowest BCUT2D eigenvalue weighted by molar-refractivity contribution is -0.137. The average Bonchev–Trinajstić information content (AvgIpc) is 2.78. The number of alkyl halides is 3. The fourth-order valence-corrected chi connectivity index (χ4v) is 3.40. The highest BCUT2D eigenvalue weighted by Gasteiger charge is 2.33. The Bertz CT molecular complexity index is 1140. The number of hydrogen-bond acceptors (Lipinski definition) is 2. The van der Waals surface area contributed by atoms with Gasteiger partial charge in [0.1, 0.15) is 0 Å². The first-order chi connectivity index (χ1) is 15.5. The lowest BCUT2D eigenvalue weighted by Crippen LogP contribution is -2.44. The Kier molecular flexibility index (Phi) is 6.86. The van der Waals surface area contributed by atoms with Crippen molar-refractivity contribution in [2.45, 2.75) is 32.5 Å². The Hall–Kier alpha value is -3.67. The Morgan fingerprint density at radius 3 is 1.64 bits per heavy atom. The van der Waals surface area contributed by atoms with E-state index in [4.69, 9.17) is 0 Å². The maximum atomic E-state index is 13.5. The molecular formula is C27H24F3NO2. The summed E-state index contributed by atoms with van der Waals surface area (Å²) in [5.74, 6) is -0.726. The van der Waals surface area contributed by atoms with E-state index in [1.807, 2.05) is 0 Å². The molecule has 3 nitrogen and oxygen atoms in total. The molecule has 1 amide bonds. The van der Waals surface area contributed by atoms with Gasteiger partial charge in [0.05, 0.1) is 11.3 Å². The number of ketones is 1. The zero-order chi connectivity index (χ0) is 24.2. The average molecular weight is 451 g/mol. The number of rotatable bonds is 5. The van der Waals surface area contributed by atoms with Crippen molar-refractivity contribution in [2.75, 3.05) is 0 Å². The van der Waals surface area contributed by atoms with Gasteiger partial charge in [-0.05, 0) is 50.6 Å². The molecule has 0 bridgehead atoms. The molecule has 0 aliphatic rings. The van der Waals surface area contributed by atoms with Crippen LogP contribution in [0, 0.1) is 0 Å². The Balaban J connectivity index is 2.18. The quantitative estimate of drug-likeness (QED) is 0.314. The summed E-state index contributed by atoms with van der Waals surface area (Å²) < 4.78 is 39.3. The van der Waals surface area contributed by atoms with Gasteiger partial charge >= 0.3 is 6.18 Å². The minimum atomic E-state index is -4.49. The van der Waals surface area contributed by atoms with Crippen LogP contribution in [0.1, 0.15) is 52.6 Å². The molecule has 0 fully saturated rings. The fourth-order valence-electron chi connectivity index (χ4n) is 3.40. The third-order valence-electron chi connectivity index (χ3n) is 4.97.